The number of imide groups is 1. The van der Waals surface area contributed by atoms with Crippen molar-refractivity contribution in [3.8, 4) is 11.5 Å². The van der Waals surface area contributed by atoms with Gasteiger partial charge >= 0.3 is 5.97 Å². The maximum absolute atomic E-state index is 13.3. The minimum absolute atomic E-state index is 0.0642. The van der Waals surface area contributed by atoms with Crippen molar-refractivity contribution in [2.75, 3.05) is 14.2 Å². The number of amides is 2. The Morgan fingerprint density at radius 3 is 2.55 bits per heavy atom. The number of methoxy groups -OCH3 is 2. The van der Waals surface area contributed by atoms with Gasteiger partial charge in [0.25, 0.3) is 11.8 Å². The fraction of sp³-hybridized carbons (Fsp3) is 0.143. The zero-order valence-corrected chi connectivity index (χ0v) is 15.6. The summed E-state index contributed by atoms with van der Waals surface area (Å²) in [6, 6.07) is 10.0. The summed E-state index contributed by atoms with van der Waals surface area (Å²) in [4.78, 5) is 42.8. The summed E-state index contributed by atoms with van der Waals surface area (Å²) in [7, 11) is 2.83. The summed E-state index contributed by atoms with van der Waals surface area (Å²) >= 11 is 0. The third-order valence-electron chi connectivity index (χ3n) is 4.88. The molecule has 2 aromatic carbocycles. The van der Waals surface area contributed by atoms with Gasteiger partial charge in [-0.3, -0.25) is 14.5 Å². The minimum atomic E-state index is -1.21. The van der Waals surface area contributed by atoms with Gasteiger partial charge in [-0.05, 0) is 17.7 Å². The van der Waals surface area contributed by atoms with Crippen molar-refractivity contribution in [3.63, 3.8) is 0 Å². The second kappa shape index (κ2) is 6.90. The molecule has 0 saturated carbocycles. The highest BCUT2D eigenvalue weighted by Crippen LogP contribution is 2.36. The third-order valence-corrected chi connectivity index (χ3v) is 4.88. The van der Waals surface area contributed by atoms with E-state index in [2.05, 4.69) is 4.98 Å². The van der Waals surface area contributed by atoms with Gasteiger partial charge in [0.1, 0.15) is 17.2 Å². The van der Waals surface area contributed by atoms with Gasteiger partial charge in [-0.25, -0.2) is 9.78 Å². The van der Waals surface area contributed by atoms with Crippen LogP contribution in [-0.2, 0) is 6.54 Å². The zero-order valence-electron chi connectivity index (χ0n) is 15.6. The Kier molecular flexibility index (Phi) is 4.38. The van der Waals surface area contributed by atoms with E-state index in [0.29, 0.717) is 11.3 Å². The number of hydrogen-bond acceptors (Lipinski definition) is 6. The largest absolute Gasteiger partial charge is 0.497 e. The maximum Gasteiger partial charge on any atom is 0.337 e. The van der Waals surface area contributed by atoms with Crippen LogP contribution in [0.5, 0.6) is 11.5 Å². The van der Waals surface area contributed by atoms with Crippen LogP contribution in [0.1, 0.15) is 36.8 Å². The van der Waals surface area contributed by atoms with E-state index in [1.165, 1.54) is 26.4 Å². The lowest BCUT2D eigenvalue weighted by Gasteiger charge is -2.17. The minimum Gasteiger partial charge on any atom is -0.497 e. The molecule has 8 heteroatoms. The van der Waals surface area contributed by atoms with E-state index in [-0.39, 0.29) is 34.3 Å². The SMILES string of the molecule is COc1cc(OC)c2c(C(=O)N3Cc4ccccc4C3=O)ncc(C(=O)O)c2c1. The number of carbonyl (C=O) groups is 3. The van der Waals surface area contributed by atoms with E-state index in [1.807, 2.05) is 0 Å². The average Bonchev–Trinajstić information content (AvgIpc) is 3.08. The first-order valence-corrected chi connectivity index (χ1v) is 8.68. The Hall–Kier alpha value is -3.94. The number of benzene rings is 2. The summed E-state index contributed by atoms with van der Waals surface area (Å²) < 4.78 is 10.6. The zero-order chi connectivity index (χ0) is 20.7. The van der Waals surface area contributed by atoms with Crippen LogP contribution in [0.4, 0.5) is 0 Å². The Labute approximate surface area is 165 Å². The van der Waals surface area contributed by atoms with Crippen molar-refractivity contribution in [1.29, 1.82) is 0 Å². The highest BCUT2D eigenvalue weighted by molar-refractivity contribution is 6.19. The standard InChI is InChI=1S/C21H16N2O6/c1-28-12-7-14-15(21(26)27)9-22-18(17(14)16(8-12)29-2)20(25)23-10-11-5-3-4-6-13(11)19(23)24/h3-9H,10H2,1-2H3,(H,26,27). The smallest absolute Gasteiger partial charge is 0.337 e. The van der Waals surface area contributed by atoms with Crippen LogP contribution >= 0.6 is 0 Å². The quantitative estimate of drug-likeness (QED) is 0.681. The Morgan fingerprint density at radius 1 is 1.14 bits per heavy atom. The van der Waals surface area contributed by atoms with Crippen molar-refractivity contribution >= 4 is 28.6 Å². The number of rotatable bonds is 4. The van der Waals surface area contributed by atoms with Crippen LogP contribution in [0.2, 0.25) is 0 Å². The molecule has 0 radical (unpaired) electrons. The molecule has 0 fully saturated rings. The molecule has 2 heterocycles. The lowest BCUT2D eigenvalue weighted by molar-refractivity contribution is 0.0624. The van der Waals surface area contributed by atoms with Gasteiger partial charge in [-0.15, -0.1) is 0 Å². The number of carbonyl (C=O) groups excluding carboxylic acids is 2. The van der Waals surface area contributed by atoms with E-state index in [0.717, 1.165) is 16.7 Å². The molecule has 0 spiro atoms. The van der Waals surface area contributed by atoms with Crippen LogP contribution in [0.15, 0.2) is 42.6 Å². The molecule has 0 aliphatic carbocycles. The second-order valence-corrected chi connectivity index (χ2v) is 6.43. The first-order valence-electron chi connectivity index (χ1n) is 8.68. The summed E-state index contributed by atoms with van der Waals surface area (Å²) in [6.45, 7) is 0.121. The number of carboxylic acids is 1. The van der Waals surface area contributed by atoms with Gasteiger partial charge in [-0.2, -0.15) is 0 Å². The topological polar surface area (TPSA) is 106 Å². The maximum atomic E-state index is 13.3. The number of carboxylic acid groups (broad SMARTS) is 1. The van der Waals surface area contributed by atoms with Crippen molar-refractivity contribution in [2.24, 2.45) is 0 Å². The lowest BCUT2D eigenvalue weighted by atomic mass is 10.0. The second-order valence-electron chi connectivity index (χ2n) is 6.43. The van der Waals surface area contributed by atoms with Gasteiger partial charge in [0, 0.05) is 23.2 Å². The van der Waals surface area contributed by atoms with Crippen molar-refractivity contribution in [2.45, 2.75) is 6.54 Å². The van der Waals surface area contributed by atoms with Gasteiger partial charge in [-0.1, -0.05) is 18.2 Å². The molecule has 146 valence electrons. The van der Waals surface area contributed by atoms with Crippen LogP contribution in [0.3, 0.4) is 0 Å². The van der Waals surface area contributed by atoms with Crippen molar-refractivity contribution < 1.29 is 29.0 Å². The summed E-state index contributed by atoms with van der Waals surface area (Å²) in [5.74, 6) is -1.66. The normalized spacial score (nSPS) is 12.8. The molecule has 1 aliphatic rings. The molecule has 3 aromatic rings. The number of ether oxygens (including phenoxy) is 2. The summed E-state index contributed by atoms with van der Waals surface area (Å²) in [5, 5.41) is 9.98. The molecule has 29 heavy (non-hydrogen) atoms. The van der Waals surface area contributed by atoms with Gasteiger partial charge in [0.2, 0.25) is 0 Å². The number of aromatic carboxylic acids is 1. The number of nitrogens with zero attached hydrogens (tertiary/aromatic N) is 2. The molecule has 0 unspecified atom stereocenters. The number of hydrogen-bond donors (Lipinski definition) is 1. The Balaban J connectivity index is 1.91. The van der Waals surface area contributed by atoms with Crippen LogP contribution < -0.4 is 9.47 Å². The van der Waals surface area contributed by atoms with Gasteiger partial charge in [0.15, 0.2) is 0 Å². The summed E-state index contributed by atoms with van der Waals surface area (Å²) in [6.07, 6.45) is 1.10. The van der Waals surface area contributed by atoms with E-state index in [1.54, 1.807) is 24.3 Å². The number of pyridine rings is 1. The lowest BCUT2D eigenvalue weighted by Crippen LogP contribution is -2.32. The molecule has 1 aliphatic heterocycles. The fourth-order valence-corrected chi connectivity index (χ4v) is 3.47. The average molecular weight is 392 g/mol. The van der Waals surface area contributed by atoms with Crippen LogP contribution in [0, 0.1) is 0 Å². The Morgan fingerprint density at radius 2 is 1.90 bits per heavy atom. The predicted molar refractivity (Wildman–Crippen MR) is 102 cm³/mol. The molecule has 1 N–H and O–H groups in total. The van der Waals surface area contributed by atoms with Crippen LogP contribution in [0.25, 0.3) is 10.8 Å². The third kappa shape index (κ3) is 2.85. The molecular weight excluding hydrogens is 376 g/mol. The van der Waals surface area contributed by atoms with Crippen LogP contribution in [-0.4, -0.2) is 47.0 Å². The monoisotopic (exact) mass is 392 g/mol. The van der Waals surface area contributed by atoms with Gasteiger partial charge in [0.05, 0.1) is 31.7 Å². The predicted octanol–water partition coefficient (Wildman–Crippen LogP) is 2.75. The molecular formula is C21H16N2O6. The molecule has 0 saturated heterocycles. The first kappa shape index (κ1) is 18.4. The first-order chi connectivity index (χ1) is 14.0. The highest BCUT2D eigenvalue weighted by atomic mass is 16.5. The fourth-order valence-electron chi connectivity index (χ4n) is 3.47. The van der Waals surface area contributed by atoms with Crippen molar-refractivity contribution in [1.82, 2.24) is 9.88 Å². The molecule has 4 rings (SSSR count). The molecule has 2 amide bonds. The molecule has 0 atom stereocenters. The van der Waals surface area contributed by atoms with E-state index in [4.69, 9.17) is 9.47 Å². The molecule has 0 bridgehead atoms. The van der Waals surface area contributed by atoms with E-state index in [9.17, 15) is 19.5 Å². The van der Waals surface area contributed by atoms with E-state index < -0.39 is 17.8 Å². The number of aromatic nitrogens is 1. The van der Waals surface area contributed by atoms with Gasteiger partial charge < -0.3 is 14.6 Å². The summed E-state index contributed by atoms with van der Waals surface area (Å²) in [5.41, 5.74) is 1.03. The Bertz CT molecular complexity index is 1190. The number of fused-ring (bicyclic) bond motifs is 2. The molecule has 1 aromatic heterocycles. The highest BCUT2D eigenvalue weighted by Gasteiger charge is 2.34. The van der Waals surface area contributed by atoms with Crippen molar-refractivity contribution in [3.05, 3.63) is 65.0 Å². The van der Waals surface area contributed by atoms with E-state index >= 15 is 0 Å². The molecule has 8 nitrogen and oxygen atoms in total.